The van der Waals surface area contributed by atoms with Gasteiger partial charge in [0.05, 0.1) is 6.54 Å². The van der Waals surface area contributed by atoms with Crippen molar-refractivity contribution >= 4 is 5.91 Å². The third-order valence-corrected chi connectivity index (χ3v) is 1.97. The Hall–Kier alpha value is -1.03. The number of carbonyl (C=O) groups is 1. The first-order valence-corrected chi connectivity index (χ1v) is 4.10. The van der Waals surface area contributed by atoms with Gasteiger partial charge in [-0.25, -0.2) is 0 Å². The van der Waals surface area contributed by atoms with E-state index in [-0.39, 0.29) is 5.91 Å². The molecular formula is C8H15N3O. The zero-order chi connectivity index (χ0) is 8.97. The minimum atomic E-state index is 0.0591. The van der Waals surface area contributed by atoms with Crippen molar-refractivity contribution in [1.82, 2.24) is 10.2 Å². The number of nitrogens with two attached hydrogens (primary N) is 1. The molecular weight excluding hydrogens is 154 g/mol. The van der Waals surface area contributed by atoms with Gasteiger partial charge >= 0.3 is 0 Å². The smallest absolute Gasteiger partial charge is 0.233 e. The fraction of sp³-hybridized carbons (Fsp3) is 0.625. The van der Waals surface area contributed by atoms with Crippen molar-refractivity contribution in [2.75, 3.05) is 26.7 Å². The molecule has 1 heterocycles. The van der Waals surface area contributed by atoms with Crippen LogP contribution in [0.3, 0.4) is 0 Å². The number of amides is 1. The number of hydrogen-bond donors (Lipinski definition) is 2. The second kappa shape index (κ2) is 4.11. The van der Waals surface area contributed by atoms with Crippen molar-refractivity contribution in [2.45, 2.75) is 6.42 Å². The van der Waals surface area contributed by atoms with Gasteiger partial charge in [0.1, 0.15) is 0 Å². The highest BCUT2D eigenvalue weighted by molar-refractivity contribution is 5.77. The van der Waals surface area contributed by atoms with Crippen LogP contribution in [0.2, 0.25) is 0 Å². The summed E-state index contributed by atoms with van der Waals surface area (Å²) in [7, 11) is 1.65. The number of rotatable bonds is 2. The van der Waals surface area contributed by atoms with Gasteiger partial charge in [-0.2, -0.15) is 0 Å². The first kappa shape index (κ1) is 9.06. The molecule has 4 nitrogen and oxygen atoms in total. The monoisotopic (exact) mass is 169 g/mol. The van der Waals surface area contributed by atoms with E-state index in [1.165, 1.54) is 0 Å². The Bertz CT molecular complexity index is 200. The zero-order valence-corrected chi connectivity index (χ0v) is 7.34. The fourth-order valence-corrected chi connectivity index (χ4v) is 1.15. The Kier molecular flexibility index (Phi) is 3.10. The lowest BCUT2D eigenvalue weighted by molar-refractivity contribution is -0.121. The summed E-state index contributed by atoms with van der Waals surface area (Å²) in [4.78, 5) is 13.0. The van der Waals surface area contributed by atoms with Crippen molar-refractivity contribution in [3.05, 3.63) is 11.8 Å². The van der Waals surface area contributed by atoms with E-state index in [2.05, 4.69) is 10.2 Å². The Morgan fingerprint density at radius 1 is 1.83 bits per heavy atom. The van der Waals surface area contributed by atoms with E-state index >= 15 is 0 Å². The predicted molar refractivity (Wildman–Crippen MR) is 47.4 cm³/mol. The lowest BCUT2D eigenvalue weighted by Crippen LogP contribution is -2.38. The summed E-state index contributed by atoms with van der Waals surface area (Å²) < 4.78 is 0. The molecule has 0 saturated carbocycles. The highest BCUT2D eigenvalue weighted by Crippen LogP contribution is 2.04. The highest BCUT2D eigenvalue weighted by atomic mass is 16.1. The van der Waals surface area contributed by atoms with Crippen molar-refractivity contribution in [3.8, 4) is 0 Å². The molecule has 1 amide bonds. The first-order chi connectivity index (χ1) is 5.72. The molecule has 1 rings (SSSR count). The standard InChI is InChI=1S/C8H15N3O/c1-10-8(12)6-11-4-2-7(9)3-5-11/h2H,3-6,9H2,1H3,(H,10,12). The zero-order valence-electron chi connectivity index (χ0n) is 7.34. The van der Waals surface area contributed by atoms with E-state index in [0.29, 0.717) is 6.54 Å². The van der Waals surface area contributed by atoms with Gasteiger partial charge in [0.15, 0.2) is 0 Å². The quantitative estimate of drug-likeness (QED) is 0.573. The van der Waals surface area contributed by atoms with Crippen LogP contribution in [0.5, 0.6) is 0 Å². The second-order valence-electron chi connectivity index (χ2n) is 2.94. The van der Waals surface area contributed by atoms with Gasteiger partial charge in [0.2, 0.25) is 5.91 Å². The van der Waals surface area contributed by atoms with Crippen LogP contribution < -0.4 is 11.1 Å². The molecule has 4 heteroatoms. The Morgan fingerprint density at radius 3 is 3.08 bits per heavy atom. The molecule has 1 aliphatic heterocycles. The van der Waals surface area contributed by atoms with Gasteiger partial charge in [-0.05, 0) is 6.42 Å². The van der Waals surface area contributed by atoms with Crippen LogP contribution in [0.1, 0.15) is 6.42 Å². The van der Waals surface area contributed by atoms with Gasteiger partial charge < -0.3 is 11.1 Å². The topological polar surface area (TPSA) is 58.4 Å². The normalized spacial score (nSPS) is 18.6. The van der Waals surface area contributed by atoms with E-state index in [9.17, 15) is 4.79 Å². The summed E-state index contributed by atoms with van der Waals surface area (Å²) in [5.41, 5.74) is 6.53. The summed E-state index contributed by atoms with van der Waals surface area (Å²) in [6.45, 7) is 2.15. The van der Waals surface area contributed by atoms with Crippen molar-refractivity contribution in [1.29, 1.82) is 0 Å². The van der Waals surface area contributed by atoms with E-state index in [1.54, 1.807) is 7.05 Å². The second-order valence-corrected chi connectivity index (χ2v) is 2.94. The Labute approximate surface area is 72.4 Å². The van der Waals surface area contributed by atoms with Gasteiger partial charge in [-0.3, -0.25) is 9.69 Å². The average Bonchev–Trinajstić information content (AvgIpc) is 2.09. The molecule has 0 unspecified atom stereocenters. The molecule has 0 aromatic heterocycles. The highest BCUT2D eigenvalue weighted by Gasteiger charge is 2.11. The van der Waals surface area contributed by atoms with Crippen LogP contribution in [-0.4, -0.2) is 37.5 Å². The van der Waals surface area contributed by atoms with Gasteiger partial charge in [-0.15, -0.1) is 0 Å². The van der Waals surface area contributed by atoms with Gasteiger partial charge in [-0.1, -0.05) is 6.08 Å². The molecule has 0 aromatic carbocycles. The van der Waals surface area contributed by atoms with Crippen LogP contribution in [0, 0.1) is 0 Å². The molecule has 68 valence electrons. The fourth-order valence-electron chi connectivity index (χ4n) is 1.15. The summed E-state index contributed by atoms with van der Waals surface area (Å²) in [5, 5.41) is 2.59. The lowest BCUT2D eigenvalue weighted by Gasteiger charge is -2.23. The van der Waals surface area contributed by atoms with E-state index in [0.717, 1.165) is 25.2 Å². The molecule has 0 fully saturated rings. The van der Waals surface area contributed by atoms with E-state index in [4.69, 9.17) is 5.73 Å². The van der Waals surface area contributed by atoms with E-state index in [1.807, 2.05) is 6.08 Å². The summed E-state index contributed by atoms with van der Waals surface area (Å²) in [5.74, 6) is 0.0591. The molecule has 1 aliphatic rings. The van der Waals surface area contributed by atoms with Crippen LogP contribution in [0.15, 0.2) is 11.8 Å². The Morgan fingerprint density at radius 2 is 2.58 bits per heavy atom. The van der Waals surface area contributed by atoms with E-state index < -0.39 is 0 Å². The number of hydrogen-bond acceptors (Lipinski definition) is 3. The molecule has 3 N–H and O–H groups in total. The third kappa shape index (κ3) is 2.54. The molecule has 0 spiro atoms. The summed E-state index contributed by atoms with van der Waals surface area (Å²) in [6.07, 6.45) is 2.84. The number of nitrogens with zero attached hydrogens (tertiary/aromatic N) is 1. The minimum Gasteiger partial charge on any atom is -0.402 e. The molecule has 12 heavy (non-hydrogen) atoms. The van der Waals surface area contributed by atoms with Crippen LogP contribution in [-0.2, 0) is 4.79 Å². The SMILES string of the molecule is CNC(=O)CN1CC=C(N)CC1. The van der Waals surface area contributed by atoms with Gasteiger partial charge in [0.25, 0.3) is 0 Å². The van der Waals surface area contributed by atoms with Crippen molar-refractivity contribution < 1.29 is 4.79 Å². The van der Waals surface area contributed by atoms with Crippen LogP contribution in [0.4, 0.5) is 0 Å². The largest absolute Gasteiger partial charge is 0.402 e. The molecule has 0 saturated heterocycles. The predicted octanol–water partition coefficient (Wildman–Crippen LogP) is -0.719. The van der Waals surface area contributed by atoms with Crippen molar-refractivity contribution in [2.24, 2.45) is 5.73 Å². The maximum Gasteiger partial charge on any atom is 0.233 e. The molecule has 0 radical (unpaired) electrons. The molecule has 0 aromatic rings. The van der Waals surface area contributed by atoms with Crippen LogP contribution >= 0.6 is 0 Å². The third-order valence-electron chi connectivity index (χ3n) is 1.97. The number of carbonyl (C=O) groups excluding carboxylic acids is 1. The summed E-state index contributed by atoms with van der Waals surface area (Å²) >= 11 is 0. The van der Waals surface area contributed by atoms with Crippen molar-refractivity contribution in [3.63, 3.8) is 0 Å². The molecule has 0 bridgehead atoms. The maximum atomic E-state index is 11.0. The lowest BCUT2D eigenvalue weighted by atomic mass is 10.2. The minimum absolute atomic E-state index is 0.0591. The van der Waals surface area contributed by atoms with Crippen LogP contribution in [0.25, 0.3) is 0 Å². The average molecular weight is 169 g/mol. The van der Waals surface area contributed by atoms with Gasteiger partial charge in [0, 0.05) is 25.8 Å². The summed E-state index contributed by atoms with van der Waals surface area (Å²) in [6, 6.07) is 0. The molecule has 0 atom stereocenters. The Balaban J connectivity index is 2.32. The number of nitrogens with one attached hydrogen (secondary N) is 1. The molecule has 0 aliphatic carbocycles. The first-order valence-electron chi connectivity index (χ1n) is 4.10. The maximum absolute atomic E-state index is 11.0. The number of likely N-dealkylation sites (N-methyl/N-ethyl adjacent to an activating group) is 1.